The lowest BCUT2D eigenvalue weighted by Crippen LogP contribution is -2.33. The van der Waals surface area contributed by atoms with E-state index in [1.54, 1.807) is 13.0 Å². The van der Waals surface area contributed by atoms with Crippen molar-refractivity contribution in [3.8, 4) is 0 Å². The first-order valence-electron chi connectivity index (χ1n) is 5.47. The third-order valence-electron chi connectivity index (χ3n) is 2.22. The molecule has 7 heteroatoms. The van der Waals surface area contributed by atoms with E-state index >= 15 is 0 Å². The summed E-state index contributed by atoms with van der Waals surface area (Å²) in [5, 5.41) is 6.65. The summed E-state index contributed by atoms with van der Waals surface area (Å²) < 4.78 is 30.8. The molecule has 1 heterocycles. The van der Waals surface area contributed by atoms with Crippen molar-refractivity contribution in [1.29, 1.82) is 0 Å². The van der Waals surface area contributed by atoms with Gasteiger partial charge in [-0.2, -0.15) is 0 Å². The summed E-state index contributed by atoms with van der Waals surface area (Å²) in [5.74, 6) is 0.712. The number of aryl methyl sites for hydroxylation is 1. The van der Waals surface area contributed by atoms with Gasteiger partial charge in [0.2, 0.25) is 10.0 Å². The summed E-state index contributed by atoms with van der Waals surface area (Å²) in [6.07, 6.45) is 0. The SMILES string of the molecule is CNCC(C)CNS(=O)(=O)Cc1cc(C)on1. The molecule has 0 saturated heterocycles. The van der Waals surface area contributed by atoms with Crippen LogP contribution in [-0.2, 0) is 15.8 Å². The molecule has 0 aliphatic rings. The smallest absolute Gasteiger partial charge is 0.217 e. The fraction of sp³-hybridized carbons (Fsp3) is 0.700. The van der Waals surface area contributed by atoms with Crippen molar-refractivity contribution in [3.63, 3.8) is 0 Å². The highest BCUT2D eigenvalue weighted by Crippen LogP contribution is 2.05. The van der Waals surface area contributed by atoms with Crippen LogP contribution < -0.4 is 10.0 Å². The maximum atomic E-state index is 11.7. The Hall–Kier alpha value is -0.920. The van der Waals surface area contributed by atoms with Crippen molar-refractivity contribution in [2.24, 2.45) is 5.92 Å². The van der Waals surface area contributed by atoms with Crippen LogP contribution in [0.25, 0.3) is 0 Å². The average molecular weight is 261 g/mol. The second-order valence-corrected chi connectivity index (χ2v) is 6.01. The largest absolute Gasteiger partial charge is 0.361 e. The zero-order valence-electron chi connectivity index (χ0n) is 10.4. The standard InChI is InChI=1S/C10H19N3O3S/c1-8(5-11-3)6-12-17(14,15)7-10-4-9(2)16-13-10/h4,8,11-12H,5-7H2,1-3H3. The number of nitrogens with zero attached hydrogens (tertiary/aromatic N) is 1. The summed E-state index contributed by atoms with van der Waals surface area (Å²) in [6.45, 7) is 4.89. The molecular weight excluding hydrogens is 242 g/mol. The number of rotatable bonds is 7. The first-order chi connectivity index (χ1) is 7.93. The van der Waals surface area contributed by atoms with E-state index in [0.29, 0.717) is 18.0 Å². The lowest BCUT2D eigenvalue weighted by molar-refractivity contribution is 0.392. The third kappa shape index (κ3) is 5.29. The summed E-state index contributed by atoms with van der Waals surface area (Å²) >= 11 is 0. The maximum Gasteiger partial charge on any atom is 0.217 e. The topological polar surface area (TPSA) is 84.2 Å². The molecule has 0 bridgehead atoms. The Kier molecular flexibility index (Phi) is 5.10. The van der Waals surface area contributed by atoms with Crippen LogP contribution in [0.5, 0.6) is 0 Å². The molecule has 0 spiro atoms. The normalized spacial score (nSPS) is 13.8. The fourth-order valence-electron chi connectivity index (χ4n) is 1.42. The van der Waals surface area contributed by atoms with E-state index in [4.69, 9.17) is 4.52 Å². The molecule has 0 aliphatic carbocycles. The Labute approximate surface area is 102 Å². The number of aromatic nitrogens is 1. The van der Waals surface area contributed by atoms with Crippen molar-refractivity contribution >= 4 is 10.0 Å². The highest BCUT2D eigenvalue weighted by molar-refractivity contribution is 7.88. The van der Waals surface area contributed by atoms with Gasteiger partial charge in [-0.3, -0.25) is 0 Å². The van der Waals surface area contributed by atoms with E-state index in [9.17, 15) is 8.42 Å². The molecule has 2 N–H and O–H groups in total. The molecular formula is C10H19N3O3S. The molecule has 0 radical (unpaired) electrons. The summed E-state index contributed by atoms with van der Waals surface area (Å²) in [5.41, 5.74) is 0.427. The molecule has 1 atom stereocenters. The van der Waals surface area contributed by atoms with Gasteiger partial charge in [0, 0.05) is 12.6 Å². The van der Waals surface area contributed by atoms with Gasteiger partial charge in [0.05, 0.1) is 0 Å². The Balaban J connectivity index is 2.46. The van der Waals surface area contributed by atoms with Gasteiger partial charge in [-0.05, 0) is 26.4 Å². The first-order valence-corrected chi connectivity index (χ1v) is 7.12. The molecule has 0 aliphatic heterocycles. The van der Waals surface area contributed by atoms with Gasteiger partial charge < -0.3 is 9.84 Å². The zero-order chi connectivity index (χ0) is 12.9. The first kappa shape index (κ1) is 14.1. The van der Waals surface area contributed by atoms with Crippen LogP contribution in [-0.4, -0.2) is 33.7 Å². The minimum atomic E-state index is -3.33. The van der Waals surface area contributed by atoms with Gasteiger partial charge in [0.25, 0.3) is 0 Å². The third-order valence-corrected chi connectivity index (χ3v) is 3.50. The monoisotopic (exact) mass is 261 g/mol. The van der Waals surface area contributed by atoms with Gasteiger partial charge in [-0.1, -0.05) is 12.1 Å². The van der Waals surface area contributed by atoms with Crippen molar-refractivity contribution in [2.75, 3.05) is 20.1 Å². The Morgan fingerprint density at radius 3 is 2.71 bits per heavy atom. The lowest BCUT2D eigenvalue weighted by Gasteiger charge is -2.11. The highest BCUT2D eigenvalue weighted by Gasteiger charge is 2.15. The Bertz CT molecular complexity index is 441. The lowest BCUT2D eigenvalue weighted by atomic mass is 10.2. The van der Waals surface area contributed by atoms with E-state index in [2.05, 4.69) is 15.2 Å². The molecule has 0 aromatic carbocycles. The van der Waals surface area contributed by atoms with E-state index in [-0.39, 0.29) is 11.7 Å². The van der Waals surface area contributed by atoms with E-state index in [1.807, 2.05) is 14.0 Å². The van der Waals surface area contributed by atoms with Gasteiger partial charge in [0.15, 0.2) is 0 Å². The van der Waals surface area contributed by atoms with Crippen molar-refractivity contribution in [1.82, 2.24) is 15.2 Å². The quantitative estimate of drug-likeness (QED) is 0.735. The van der Waals surface area contributed by atoms with Crippen LogP contribution in [0, 0.1) is 12.8 Å². The van der Waals surface area contributed by atoms with Crippen LogP contribution in [0.1, 0.15) is 18.4 Å². The predicted molar refractivity (Wildman–Crippen MR) is 65.0 cm³/mol. The molecule has 1 aromatic heterocycles. The minimum Gasteiger partial charge on any atom is -0.361 e. The van der Waals surface area contributed by atoms with Crippen LogP contribution in [0.15, 0.2) is 10.6 Å². The van der Waals surface area contributed by atoms with E-state index in [1.165, 1.54) is 0 Å². The van der Waals surface area contributed by atoms with E-state index in [0.717, 1.165) is 6.54 Å². The van der Waals surface area contributed by atoms with Gasteiger partial charge in [-0.25, -0.2) is 13.1 Å². The van der Waals surface area contributed by atoms with Crippen molar-refractivity contribution in [3.05, 3.63) is 17.5 Å². The van der Waals surface area contributed by atoms with Gasteiger partial charge in [-0.15, -0.1) is 0 Å². The van der Waals surface area contributed by atoms with E-state index < -0.39 is 10.0 Å². The maximum absolute atomic E-state index is 11.7. The summed E-state index contributed by atoms with van der Waals surface area (Å²) in [6, 6.07) is 1.62. The second kappa shape index (κ2) is 6.13. The molecule has 1 rings (SSSR count). The minimum absolute atomic E-state index is 0.142. The highest BCUT2D eigenvalue weighted by atomic mass is 32.2. The molecule has 0 saturated carbocycles. The van der Waals surface area contributed by atoms with Crippen LogP contribution >= 0.6 is 0 Å². The fourth-order valence-corrected chi connectivity index (χ4v) is 2.59. The Morgan fingerprint density at radius 1 is 1.47 bits per heavy atom. The van der Waals surface area contributed by atoms with Crippen LogP contribution in [0.4, 0.5) is 0 Å². The number of sulfonamides is 1. The number of hydrogen-bond donors (Lipinski definition) is 2. The number of nitrogens with one attached hydrogen (secondary N) is 2. The van der Waals surface area contributed by atoms with Crippen molar-refractivity contribution in [2.45, 2.75) is 19.6 Å². The molecule has 1 aromatic rings. The van der Waals surface area contributed by atoms with Crippen molar-refractivity contribution < 1.29 is 12.9 Å². The molecule has 6 nitrogen and oxygen atoms in total. The summed E-state index contributed by atoms with van der Waals surface area (Å²) in [4.78, 5) is 0. The Morgan fingerprint density at radius 2 is 2.18 bits per heavy atom. The molecule has 0 fully saturated rings. The van der Waals surface area contributed by atoms with Crippen LogP contribution in [0.2, 0.25) is 0 Å². The molecule has 17 heavy (non-hydrogen) atoms. The molecule has 0 amide bonds. The van der Waals surface area contributed by atoms with Crippen LogP contribution in [0.3, 0.4) is 0 Å². The number of hydrogen-bond acceptors (Lipinski definition) is 5. The summed E-state index contributed by atoms with van der Waals surface area (Å²) in [7, 11) is -1.50. The average Bonchev–Trinajstić information content (AvgIpc) is 2.61. The molecule has 98 valence electrons. The van der Waals surface area contributed by atoms with Gasteiger partial charge in [0.1, 0.15) is 17.2 Å². The second-order valence-electron chi connectivity index (χ2n) is 4.20. The molecule has 1 unspecified atom stereocenters. The zero-order valence-corrected chi connectivity index (χ0v) is 11.2. The predicted octanol–water partition coefficient (Wildman–Crippen LogP) is 0.258. The van der Waals surface area contributed by atoms with Gasteiger partial charge >= 0.3 is 0 Å².